The molecule has 14 heavy (non-hydrogen) atoms. The van der Waals surface area contributed by atoms with Gasteiger partial charge >= 0.3 is 0 Å². The molecule has 0 unspecified atom stereocenters. The van der Waals surface area contributed by atoms with Gasteiger partial charge in [0.05, 0.1) is 5.60 Å². The van der Waals surface area contributed by atoms with Gasteiger partial charge in [0.15, 0.2) is 0 Å². The van der Waals surface area contributed by atoms with E-state index in [1.54, 1.807) is 18.7 Å². The summed E-state index contributed by atoms with van der Waals surface area (Å²) in [6.07, 6.45) is 0. The van der Waals surface area contributed by atoms with Crippen molar-refractivity contribution in [2.75, 3.05) is 26.3 Å². The fourth-order valence-corrected chi connectivity index (χ4v) is 1.12. The number of nitrogens with zero attached hydrogens (tertiary/aromatic N) is 1. The second-order valence-electron chi connectivity index (χ2n) is 3.86. The summed E-state index contributed by atoms with van der Waals surface area (Å²) in [7, 11) is 0. The maximum absolute atomic E-state index is 11.5. The lowest BCUT2D eigenvalue weighted by molar-refractivity contribution is -0.138. The van der Waals surface area contributed by atoms with E-state index >= 15 is 0 Å². The Bertz CT molecular complexity index is 175. The smallest absolute Gasteiger partial charge is 0.248 e. The minimum atomic E-state index is -0.849. The van der Waals surface area contributed by atoms with Crippen molar-refractivity contribution in [1.82, 2.24) is 4.90 Å². The molecule has 0 saturated carbocycles. The number of ether oxygens (including phenoxy) is 1. The first-order valence-corrected chi connectivity index (χ1v) is 4.98. The largest absolute Gasteiger partial charge is 0.389 e. The summed E-state index contributed by atoms with van der Waals surface area (Å²) in [5.74, 6) is -0.0727. The highest BCUT2D eigenvalue weighted by Gasteiger charge is 2.20. The van der Waals surface area contributed by atoms with Gasteiger partial charge in [-0.3, -0.25) is 4.79 Å². The van der Waals surface area contributed by atoms with Crippen LogP contribution in [0.3, 0.4) is 0 Å². The third kappa shape index (κ3) is 5.94. The standard InChI is InChI=1S/C10H21NO3/c1-5-11(8-10(3,4)13)9(12)7-14-6-2/h13H,5-8H2,1-4H3. The van der Waals surface area contributed by atoms with Crippen LogP contribution in [-0.4, -0.2) is 47.8 Å². The zero-order valence-electron chi connectivity index (χ0n) is 9.54. The molecule has 0 aromatic rings. The van der Waals surface area contributed by atoms with Crippen LogP contribution in [0.4, 0.5) is 0 Å². The van der Waals surface area contributed by atoms with Crippen molar-refractivity contribution in [3.05, 3.63) is 0 Å². The van der Waals surface area contributed by atoms with Crippen LogP contribution in [0.1, 0.15) is 27.7 Å². The van der Waals surface area contributed by atoms with Gasteiger partial charge in [0.1, 0.15) is 6.61 Å². The van der Waals surface area contributed by atoms with E-state index < -0.39 is 5.60 Å². The van der Waals surface area contributed by atoms with E-state index in [9.17, 15) is 9.90 Å². The molecule has 0 aliphatic rings. The Morgan fingerprint density at radius 1 is 1.43 bits per heavy atom. The van der Waals surface area contributed by atoms with E-state index in [0.717, 1.165) is 0 Å². The van der Waals surface area contributed by atoms with Crippen molar-refractivity contribution >= 4 is 5.91 Å². The van der Waals surface area contributed by atoms with E-state index in [4.69, 9.17) is 4.74 Å². The number of carbonyl (C=O) groups is 1. The monoisotopic (exact) mass is 203 g/mol. The second-order valence-corrected chi connectivity index (χ2v) is 3.86. The number of carbonyl (C=O) groups excluding carboxylic acids is 1. The van der Waals surface area contributed by atoms with Gasteiger partial charge in [0.25, 0.3) is 0 Å². The molecule has 0 saturated heterocycles. The summed E-state index contributed by atoms with van der Waals surface area (Å²) in [5.41, 5.74) is -0.849. The zero-order chi connectivity index (χ0) is 11.2. The third-order valence-corrected chi connectivity index (χ3v) is 1.74. The van der Waals surface area contributed by atoms with Crippen LogP contribution in [0.15, 0.2) is 0 Å². The minimum absolute atomic E-state index is 0.0727. The molecule has 0 spiro atoms. The Hall–Kier alpha value is -0.610. The minimum Gasteiger partial charge on any atom is -0.389 e. The van der Waals surface area contributed by atoms with E-state index in [1.165, 1.54) is 0 Å². The van der Waals surface area contributed by atoms with Gasteiger partial charge in [-0.1, -0.05) is 0 Å². The molecule has 4 heteroatoms. The Kier molecular flexibility index (Phi) is 5.72. The summed E-state index contributed by atoms with van der Waals surface area (Å²) in [5, 5.41) is 9.56. The van der Waals surface area contributed by atoms with Crippen molar-refractivity contribution in [2.24, 2.45) is 0 Å². The first kappa shape index (κ1) is 13.4. The average Bonchev–Trinajstić information content (AvgIpc) is 2.08. The Morgan fingerprint density at radius 3 is 2.36 bits per heavy atom. The number of aliphatic hydroxyl groups is 1. The highest BCUT2D eigenvalue weighted by molar-refractivity contribution is 5.77. The topological polar surface area (TPSA) is 49.8 Å². The van der Waals surface area contributed by atoms with Crippen molar-refractivity contribution in [3.63, 3.8) is 0 Å². The lowest BCUT2D eigenvalue weighted by atomic mass is 10.1. The predicted molar refractivity (Wildman–Crippen MR) is 55.0 cm³/mol. The molecule has 0 aromatic carbocycles. The quantitative estimate of drug-likeness (QED) is 0.689. The molecule has 0 bridgehead atoms. The van der Waals surface area contributed by atoms with E-state index in [0.29, 0.717) is 19.7 Å². The van der Waals surface area contributed by atoms with Gasteiger partial charge in [0.2, 0.25) is 5.91 Å². The van der Waals surface area contributed by atoms with Crippen LogP contribution in [-0.2, 0) is 9.53 Å². The summed E-state index contributed by atoms with van der Waals surface area (Å²) in [6.45, 7) is 8.67. The van der Waals surface area contributed by atoms with Crippen LogP contribution >= 0.6 is 0 Å². The summed E-state index contributed by atoms with van der Waals surface area (Å²) in [6, 6.07) is 0. The first-order chi connectivity index (χ1) is 6.40. The van der Waals surface area contributed by atoms with Gasteiger partial charge in [-0.2, -0.15) is 0 Å². The van der Waals surface area contributed by atoms with Crippen LogP contribution in [0.2, 0.25) is 0 Å². The average molecular weight is 203 g/mol. The number of amides is 1. The maximum atomic E-state index is 11.5. The molecule has 0 atom stereocenters. The molecular formula is C10H21NO3. The van der Waals surface area contributed by atoms with Crippen LogP contribution in [0, 0.1) is 0 Å². The maximum Gasteiger partial charge on any atom is 0.248 e. The lowest BCUT2D eigenvalue weighted by Crippen LogP contribution is -2.43. The Morgan fingerprint density at radius 2 is 2.00 bits per heavy atom. The van der Waals surface area contributed by atoms with Gasteiger partial charge in [-0.05, 0) is 27.7 Å². The van der Waals surface area contributed by atoms with Gasteiger partial charge in [0, 0.05) is 19.7 Å². The van der Waals surface area contributed by atoms with Gasteiger partial charge < -0.3 is 14.7 Å². The Balaban J connectivity index is 4.06. The normalized spacial score (nSPS) is 11.5. The SMILES string of the molecule is CCOCC(=O)N(CC)CC(C)(C)O. The van der Waals surface area contributed by atoms with Crippen molar-refractivity contribution in [2.45, 2.75) is 33.3 Å². The fraction of sp³-hybridized carbons (Fsp3) is 0.900. The van der Waals surface area contributed by atoms with Crippen molar-refractivity contribution in [1.29, 1.82) is 0 Å². The number of hydrogen-bond acceptors (Lipinski definition) is 3. The van der Waals surface area contributed by atoms with Crippen LogP contribution < -0.4 is 0 Å². The Labute approximate surface area is 85.9 Å². The number of likely N-dealkylation sites (N-methyl/N-ethyl adjacent to an activating group) is 1. The summed E-state index contributed by atoms with van der Waals surface area (Å²) in [4.78, 5) is 13.1. The lowest BCUT2D eigenvalue weighted by Gasteiger charge is -2.27. The van der Waals surface area contributed by atoms with Crippen molar-refractivity contribution < 1.29 is 14.6 Å². The summed E-state index contributed by atoms with van der Waals surface area (Å²) < 4.78 is 5.02. The molecule has 0 aliphatic carbocycles. The molecule has 0 rings (SSSR count). The van der Waals surface area contributed by atoms with Crippen LogP contribution in [0.5, 0.6) is 0 Å². The highest BCUT2D eigenvalue weighted by atomic mass is 16.5. The second kappa shape index (κ2) is 5.98. The van der Waals surface area contributed by atoms with Gasteiger partial charge in [-0.25, -0.2) is 0 Å². The molecule has 0 radical (unpaired) electrons. The molecule has 0 aromatic heterocycles. The molecule has 0 fully saturated rings. The molecule has 84 valence electrons. The third-order valence-electron chi connectivity index (χ3n) is 1.74. The van der Waals surface area contributed by atoms with Crippen LogP contribution in [0.25, 0.3) is 0 Å². The first-order valence-electron chi connectivity index (χ1n) is 4.98. The molecule has 0 heterocycles. The van der Waals surface area contributed by atoms with E-state index in [1.807, 2.05) is 13.8 Å². The fourth-order valence-electron chi connectivity index (χ4n) is 1.12. The number of hydrogen-bond donors (Lipinski definition) is 1. The molecular weight excluding hydrogens is 182 g/mol. The molecule has 1 amide bonds. The van der Waals surface area contributed by atoms with Gasteiger partial charge in [-0.15, -0.1) is 0 Å². The molecule has 1 N–H and O–H groups in total. The number of rotatable bonds is 6. The zero-order valence-corrected chi connectivity index (χ0v) is 9.54. The summed E-state index contributed by atoms with van der Waals surface area (Å²) >= 11 is 0. The van der Waals surface area contributed by atoms with E-state index in [2.05, 4.69) is 0 Å². The molecule has 4 nitrogen and oxygen atoms in total. The van der Waals surface area contributed by atoms with E-state index in [-0.39, 0.29) is 12.5 Å². The highest BCUT2D eigenvalue weighted by Crippen LogP contribution is 2.04. The molecule has 0 aliphatic heterocycles. The predicted octanol–water partition coefficient (Wildman–Crippen LogP) is 0.642. The van der Waals surface area contributed by atoms with Crippen molar-refractivity contribution in [3.8, 4) is 0 Å².